The van der Waals surface area contributed by atoms with Gasteiger partial charge in [-0.1, -0.05) is 0 Å². The highest BCUT2D eigenvalue weighted by molar-refractivity contribution is 4.46. The van der Waals surface area contributed by atoms with E-state index in [1.807, 2.05) is 0 Å². The number of hydrogen-bond donors (Lipinski definition) is 0. The van der Waals surface area contributed by atoms with Gasteiger partial charge in [0.15, 0.2) is 6.29 Å². The fourth-order valence-corrected chi connectivity index (χ4v) is 0.804. The monoisotopic (exact) mass is 132 g/mol. The van der Waals surface area contributed by atoms with E-state index < -0.39 is 0 Å². The quantitative estimate of drug-likeness (QED) is 0.526. The summed E-state index contributed by atoms with van der Waals surface area (Å²) >= 11 is 0. The zero-order valence-corrected chi connectivity index (χ0v) is 5.63. The number of ether oxygens (including phenoxy) is 3. The Morgan fingerprint density at radius 3 is 3.22 bits per heavy atom. The molecule has 0 amide bonds. The molecule has 0 spiro atoms. The second kappa shape index (κ2) is 3.82. The summed E-state index contributed by atoms with van der Waals surface area (Å²) in [6.07, 6.45) is 1.92. The van der Waals surface area contributed by atoms with Gasteiger partial charge in [-0.05, 0) is 6.42 Å². The Morgan fingerprint density at radius 1 is 1.56 bits per heavy atom. The summed E-state index contributed by atoms with van der Waals surface area (Å²) in [7, 11) is 1.65. The first-order valence-electron chi connectivity index (χ1n) is 3.15. The van der Waals surface area contributed by atoms with E-state index in [-0.39, 0.29) is 6.29 Å². The van der Waals surface area contributed by atoms with Crippen LogP contribution in [0.5, 0.6) is 0 Å². The molecule has 0 aromatic heterocycles. The number of methoxy groups -OCH3 is 1. The molecule has 0 aromatic carbocycles. The molecule has 0 aliphatic carbocycles. The van der Waals surface area contributed by atoms with Crippen molar-refractivity contribution in [2.45, 2.75) is 19.1 Å². The van der Waals surface area contributed by atoms with Crippen molar-refractivity contribution in [3.05, 3.63) is 0 Å². The second-order valence-electron chi connectivity index (χ2n) is 2.00. The molecule has 3 nitrogen and oxygen atoms in total. The first-order chi connectivity index (χ1) is 4.43. The maximum absolute atomic E-state index is 5.11. The third kappa shape index (κ3) is 2.30. The lowest BCUT2D eigenvalue weighted by Crippen LogP contribution is -2.13. The maximum Gasteiger partial charge on any atom is 0.160 e. The average Bonchev–Trinajstić information content (AvgIpc) is 2.13. The zero-order chi connectivity index (χ0) is 6.53. The fourth-order valence-electron chi connectivity index (χ4n) is 0.804. The molecule has 1 fully saturated rings. The summed E-state index contributed by atoms with van der Waals surface area (Å²) in [5.41, 5.74) is 0. The summed E-state index contributed by atoms with van der Waals surface area (Å²) in [4.78, 5) is 0. The Kier molecular flexibility index (Phi) is 2.97. The Morgan fingerprint density at radius 2 is 2.44 bits per heavy atom. The molecule has 0 aromatic rings. The predicted molar refractivity (Wildman–Crippen MR) is 31.9 cm³/mol. The summed E-state index contributed by atoms with van der Waals surface area (Å²) in [6.45, 7) is 1.17. The lowest BCUT2D eigenvalue weighted by molar-refractivity contribution is -0.166. The van der Waals surface area contributed by atoms with Gasteiger partial charge in [-0.3, -0.25) is 0 Å². The SMILES string of the molecule is COC1CCCOCO1. The summed E-state index contributed by atoms with van der Waals surface area (Å²) in [6, 6.07) is 0. The molecular formula is C6H12O3. The molecule has 3 heteroatoms. The molecule has 1 heterocycles. The van der Waals surface area contributed by atoms with Gasteiger partial charge in [0.05, 0.1) is 0 Å². The highest BCUT2D eigenvalue weighted by atomic mass is 16.7. The lowest BCUT2D eigenvalue weighted by atomic mass is 10.3. The minimum Gasteiger partial charge on any atom is -0.356 e. The first-order valence-corrected chi connectivity index (χ1v) is 3.15. The van der Waals surface area contributed by atoms with Gasteiger partial charge in [-0.25, -0.2) is 0 Å². The van der Waals surface area contributed by atoms with Crippen molar-refractivity contribution in [1.82, 2.24) is 0 Å². The van der Waals surface area contributed by atoms with E-state index in [0.717, 1.165) is 19.4 Å². The molecule has 9 heavy (non-hydrogen) atoms. The summed E-state index contributed by atoms with van der Waals surface area (Å²) < 4.78 is 15.1. The average molecular weight is 132 g/mol. The Balaban J connectivity index is 2.18. The smallest absolute Gasteiger partial charge is 0.160 e. The van der Waals surface area contributed by atoms with Crippen LogP contribution in [0.4, 0.5) is 0 Å². The van der Waals surface area contributed by atoms with Crippen LogP contribution in [0.2, 0.25) is 0 Å². The van der Waals surface area contributed by atoms with E-state index in [1.165, 1.54) is 0 Å². The molecule has 0 radical (unpaired) electrons. The van der Waals surface area contributed by atoms with Gasteiger partial charge in [0.1, 0.15) is 6.79 Å². The molecule has 0 N–H and O–H groups in total. The van der Waals surface area contributed by atoms with E-state index in [9.17, 15) is 0 Å². The van der Waals surface area contributed by atoms with E-state index >= 15 is 0 Å². The first kappa shape index (κ1) is 6.99. The molecule has 1 saturated heterocycles. The molecule has 0 bridgehead atoms. The Hall–Kier alpha value is -0.120. The normalized spacial score (nSPS) is 29.7. The minimum atomic E-state index is -0.0486. The summed E-state index contributed by atoms with van der Waals surface area (Å²) in [5.74, 6) is 0. The van der Waals surface area contributed by atoms with Crippen LogP contribution in [0, 0.1) is 0 Å². The van der Waals surface area contributed by atoms with Gasteiger partial charge < -0.3 is 14.2 Å². The highest BCUT2D eigenvalue weighted by Gasteiger charge is 2.09. The van der Waals surface area contributed by atoms with Crippen molar-refractivity contribution in [2.75, 3.05) is 20.5 Å². The van der Waals surface area contributed by atoms with Crippen molar-refractivity contribution in [1.29, 1.82) is 0 Å². The van der Waals surface area contributed by atoms with Gasteiger partial charge >= 0.3 is 0 Å². The van der Waals surface area contributed by atoms with Crippen molar-refractivity contribution >= 4 is 0 Å². The third-order valence-electron chi connectivity index (χ3n) is 1.33. The van der Waals surface area contributed by atoms with Crippen molar-refractivity contribution in [2.24, 2.45) is 0 Å². The van der Waals surface area contributed by atoms with Crippen LogP contribution < -0.4 is 0 Å². The maximum atomic E-state index is 5.11. The van der Waals surface area contributed by atoms with Gasteiger partial charge in [0, 0.05) is 20.1 Å². The third-order valence-corrected chi connectivity index (χ3v) is 1.33. The van der Waals surface area contributed by atoms with Gasteiger partial charge in [0.2, 0.25) is 0 Å². The fraction of sp³-hybridized carbons (Fsp3) is 1.00. The topological polar surface area (TPSA) is 27.7 Å². The summed E-state index contributed by atoms with van der Waals surface area (Å²) in [5, 5.41) is 0. The highest BCUT2D eigenvalue weighted by Crippen LogP contribution is 2.07. The molecule has 1 unspecified atom stereocenters. The van der Waals surface area contributed by atoms with Gasteiger partial charge in [0.25, 0.3) is 0 Å². The van der Waals surface area contributed by atoms with Gasteiger partial charge in [-0.2, -0.15) is 0 Å². The van der Waals surface area contributed by atoms with Crippen molar-refractivity contribution in [3.63, 3.8) is 0 Å². The molecule has 1 aliphatic rings. The molecule has 1 atom stereocenters. The molecule has 54 valence electrons. The van der Waals surface area contributed by atoms with E-state index in [0.29, 0.717) is 6.79 Å². The van der Waals surface area contributed by atoms with Crippen LogP contribution in [-0.4, -0.2) is 26.8 Å². The van der Waals surface area contributed by atoms with Crippen molar-refractivity contribution < 1.29 is 14.2 Å². The molecule has 0 saturated carbocycles. The largest absolute Gasteiger partial charge is 0.356 e. The van der Waals surface area contributed by atoms with Crippen LogP contribution in [0.25, 0.3) is 0 Å². The number of hydrogen-bond acceptors (Lipinski definition) is 3. The van der Waals surface area contributed by atoms with E-state index in [1.54, 1.807) is 7.11 Å². The molecule has 1 aliphatic heterocycles. The Labute approximate surface area is 54.9 Å². The standard InChI is InChI=1S/C6H12O3/c1-7-6-3-2-4-8-5-9-6/h6H,2-5H2,1H3. The Bertz CT molecular complexity index is 66.7. The van der Waals surface area contributed by atoms with Crippen LogP contribution in [0.1, 0.15) is 12.8 Å². The zero-order valence-electron chi connectivity index (χ0n) is 5.63. The second-order valence-corrected chi connectivity index (χ2v) is 2.00. The lowest BCUT2D eigenvalue weighted by Gasteiger charge is -2.10. The van der Waals surface area contributed by atoms with E-state index in [2.05, 4.69) is 0 Å². The van der Waals surface area contributed by atoms with Crippen LogP contribution in [0.15, 0.2) is 0 Å². The van der Waals surface area contributed by atoms with Crippen LogP contribution in [-0.2, 0) is 14.2 Å². The van der Waals surface area contributed by atoms with Gasteiger partial charge in [-0.15, -0.1) is 0 Å². The van der Waals surface area contributed by atoms with Crippen LogP contribution in [0.3, 0.4) is 0 Å². The number of rotatable bonds is 1. The minimum absolute atomic E-state index is 0.0486. The van der Waals surface area contributed by atoms with Crippen LogP contribution >= 0.6 is 0 Å². The molecular weight excluding hydrogens is 120 g/mol. The van der Waals surface area contributed by atoms with Crippen molar-refractivity contribution in [3.8, 4) is 0 Å². The molecule has 1 rings (SSSR count). The predicted octanol–water partition coefficient (Wildman–Crippen LogP) is 0.743. The van der Waals surface area contributed by atoms with E-state index in [4.69, 9.17) is 14.2 Å².